The van der Waals surface area contributed by atoms with Crippen molar-refractivity contribution < 1.29 is 111 Å². The molecule has 610 valence electrons. The zero-order chi connectivity index (χ0) is 79.1. The summed E-state index contributed by atoms with van der Waals surface area (Å²) in [6.45, 7) is 20.1. The first-order valence-electron chi connectivity index (χ1n) is 40.4. The molecule has 0 saturated carbocycles. The van der Waals surface area contributed by atoms with E-state index >= 15 is 0 Å². The predicted molar refractivity (Wildman–Crippen MR) is 429 cm³/mol. The fraction of sp³-hybridized carbons (Fsp3) is 0.478. The minimum absolute atomic E-state index is 0.00412. The number of epoxide rings is 8. The fourth-order valence-corrected chi connectivity index (χ4v) is 16.2. The van der Waals surface area contributed by atoms with E-state index in [1.54, 1.807) is 7.11 Å². The van der Waals surface area contributed by atoms with E-state index < -0.39 is 0 Å². The summed E-state index contributed by atoms with van der Waals surface area (Å²) in [5.41, 5.74) is 19.9. The quantitative estimate of drug-likeness (QED) is 0.0174. The average molecular weight is 1580 g/mol. The van der Waals surface area contributed by atoms with E-state index in [-0.39, 0.29) is 88.5 Å². The molecule has 8 aromatic carbocycles. The van der Waals surface area contributed by atoms with Gasteiger partial charge in [-0.1, -0.05) is 59.2 Å². The van der Waals surface area contributed by atoms with Crippen molar-refractivity contribution in [2.45, 2.75) is 174 Å². The topological polar surface area (TPSA) is 305 Å². The molecule has 0 bridgehead atoms. The summed E-state index contributed by atoms with van der Waals surface area (Å²) >= 11 is 0. The SMILES string of the molecule is CC1=CCc2c(c(OCC3CO3)c3c(C)cc(CO)cc3c2OCC2CO2)C1.CC1=CCc2c(c(OCC3CO3)c3c(CO)cc(C)cc3c2OCC2CO2)C1.CC1=CCc2c(c(OCC3CO3)c3c(CO)cc(CO)cc3c2OCC2CO2)C1.COC1=CCc2c(c(OCC3CO3)c3c(CO)cc(CO)cc3c2OCC2CO2)C1. The van der Waals surface area contributed by atoms with Crippen LogP contribution in [0.4, 0.5) is 0 Å². The van der Waals surface area contributed by atoms with Crippen LogP contribution < -0.4 is 37.9 Å². The second-order valence-corrected chi connectivity index (χ2v) is 32.1. The van der Waals surface area contributed by atoms with Gasteiger partial charge in [0.15, 0.2) is 0 Å². The van der Waals surface area contributed by atoms with Crippen LogP contribution in [-0.2, 0) is 134 Å². The standard InChI is InChI=1S/C23H26O7.C23H26O6.2C23H26O5/c1-26-15-2-3-18-19(6-15)23(30-12-17-10-28-17)21-14(8-25)4-13(7-24)5-20(21)22(18)29-11-16-9-27-16;1-13-2-3-18-19(4-13)23(29-12-17-10-27-17)21-15(8-25)5-14(7-24)6-20(21)22(18)28-11-16-9-26-16;1-13-3-4-18-19(6-13)23(28-12-17-10-26-17)21-15(8-24)5-14(2)7-20(21)22(18)27-11-16-9-25-16;1-13-3-4-18-19(5-13)23(28-12-17-10-26-17)21-14(2)6-15(8-24)7-20(21)22(18)27-11-16-9-25-16/h2,4-5,16-17,24-25H,3,6-12H2,1H3;2,5-6,16-17,24-25H,3-4,7-12H2,1H3;3,5,7,16-17,24H,4,6,8-12H2,1-2H3;3,6-7,16-17,24H,4-5,8-12H2,1-2H3. The summed E-state index contributed by atoms with van der Waals surface area (Å²) in [6, 6.07) is 15.8. The summed E-state index contributed by atoms with van der Waals surface area (Å²) in [6.07, 6.45) is 16.2. The second kappa shape index (κ2) is 34.5. The normalized spacial score (nSPS) is 22.3. The van der Waals surface area contributed by atoms with Gasteiger partial charge in [-0.2, -0.15) is 0 Å². The number of hydrogen-bond donors (Lipinski definition) is 6. The maximum Gasteiger partial charge on any atom is 0.131 e. The highest BCUT2D eigenvalue weighted by atomic mass is 16.6. The van der Waals surface area contributed by atoms with Crippen LogP contribution in [0.25, 0.3) is 43.1 Å². The second-order valence-electron chi connectivity index (χ2n) is 32.1. The number of methoxy groups -OCH3 is 1. The van der Waals surface area contributed by atoms with E-state index in [9.17, 15) is 30.6 Å². The van der Waals surface area contributed by atoms with Gasteiger partial charge in [0.05, 0.1) is 105 Å². The number of aryl methyl sites for hydroxylation is 2. The number of aliphatic hydroxyl groups excluding tert-OH is 6. The van der Waals surface area contributed by atoms with Crippen molar-refractivity contribution in [3.05, 3.63) is 184 Å². The molecule has 20 rings (SSSR count). The molecule has 0 spiro atoms. The fourth-order valence-electron chi connectivity index (χ4n) is 16.2. The summed E-state index contributed by atoms with van der Waals surface area (Å²) in [5.74, 6) is 7.66. The number of aliphatic hydroxyl groups is 6. The Kier molecular flexibility index (Phi) is 23.7. The highest BCUT2D eigenvalue weighted by Gasteiger charge is 2.37. The van der Waals surface area contributed by atoms with Crippen LogP contribution in [-0.4, -0.2) is 192 Å². The summed E-state index contributed by atoms with van der Waals surface area (Å²) in [4.78, 5) is 0. The molecule has 4 aliphatic carbocycles. The van der Waals surface area contributed by atoms with Gasteiger partial charge in [-0.25, -0.2) is 0 Å². The minimum Gasteiger partial charge on any atom is -0.501 e. The van der Waals surface area contributed by atoms with Gasteiger partial charge >= 0.3 is 0 Å². The first-order chi connectivity index (χ1) is 56.2. The molecule has 8 heterocycles. The van der Waals surface area contributed by atoms with Crippen LogP contribution in [0.15, 0.2) is 95.3 Å². The third kappa shape index (κ3) is 18.1. The lowest BCUT2D eigenvalue weighted by atomic mass is 9.86. The van der Waals surface area contributed by atoms with Gasteiger partial charge in [0.2, 0.25) is 0 Å². The lowest BCUT2D eigenvalue weighted by Crippen LogP contribution is -2.15. The van der Waals surface area contributed by atoms with Crippen molar-refractivity contribution >= 4 is 43.1 Å². The van der Waals surface area contributed by atoms with Gasteiger partial charge in [-0.05, 0) is 154 Å². The first-order valence-corrected chi connectivity index (χ1v) is 40.4. The molecule has 23 heteroatoms. The molecular formula is C92H104O23. The molecule has 6 N–H and O–H groups in total. The van der Waals surface area contributed by atoms with Crippen LogP contribution >= 0.6 is 0 Å². The molecule has 12 aliphatic rings. The number of rotatable bonds is 31. The van der Waals surface area contributed by atoms with Crippen LogP contribution in [0, 0.1) is 13.8 Å². The predicted octanol–water partition coefficient (Wildman–Crippen LogP) is 10.9. The van der Waals surface area contributed by atoms with Crippen molar-refractivity contribution in [1.29, 1.82) is 0 Å². The third-order valence-electron chi connectivity index (χ3n) is 22.9. The molecule has 8 aliphatic heterocycles. The maximum atomic E-state index is 10.1. The first kappa shape index (κ1) is 78.9. The number of ether oxygens (including phenoxy) is 17. The molecule has 0 radical (unpaired) electrons. The Balaban J connectivity index is 0.000000111. The molecular weight excluding hydrogens is 1470 g/mol. The van der Waals surface area contributed by atoms with Crippen molar-refractivity contribution in [1.82, 2.24) is 0 Å². The third-order valence-corrected chi connectivity index (χ3v) is 22.9. The Bertz CT molecular complexity index is 5110. The molecule has 8 atom stereocenters. The Morgan fingerprint density at radius 2 is 0.548 bits per heavy atom. The van der Waals surface area contributed by atoms with Crippen LogP contribution in [0.1, 0.15) is 110 Å². The maximum absolute atomic E-state index is 10.1. The monoisotopic (exact) mass is 1580 g/mol. The van der Waals surface area contributed by atoms with Gasteiger partial charge < -0.3 is 111 Å². The van der Waals surface area contributed by atoms with Crippen molar-refractivity contribution in [2.24, 2.45) is 0 Å². The molecule has 23 nitrogen and oxygen atoms in total. The van der Waals surface area contributed by atoms with E-state index in [1.165, 1.54) is 39.0 Å². The number of benzene rings is 8. The van der Waals surface area contributed by atoms with Crippen LogP contribution in [0.3, 0.4) is 0 Å². The minimum atomic E-state index is -0.169. The summed E-state index contributed by atoms with van der Waals surface area (Å²) < 4.78 is 98.7. The number of hydrogen-bond acceptors (Lipinski definition) is 23. The van der Waals surface area contributed by atoms with Gasteiger partial charge in [0, 0.05) is 94.0 Å². The zero-order valence-corrected chi connectivity index (χ0v) is 66.4. The lowest BCUT2D eigenvalue weighted by molar-refractivity contribution is 0.251. The Hall–Kier alpha value is -8.60. The van der Waals surface area contributed by atoms with Crippen molar-refractivity contribution in [2.75, 3.05) is 113 Å². The Morgan fingerprint density at radius 3 is 0.843 bits per heavy atom. The van der Waals surface area contributed by atoms with Crippen LogP contribution in [0.5, 0.6) is 46.0 Å². The molecule has 0 amide bonds. The van der Waals surface area contributed by atoms with Gasteiger partial charge in [0.25, 0.3) is 0 Å². The molecule has 8 aromatic rings. The van der Waals surface area contributed by atoms with E-state index in [4.69, 9.17) is 80.5 Å². The van der Waals surface area contributed by atoms with E-state index in [2.05, 4.69) is 65.0 Å². The highest BCUT2D eigenvalue weighted by molar-refractivity contribution is 6.02. The lowest BCUT2D eigenvalue weighted by Gasteiger charge is -2.26. The van der Waals surface area contributed by atoms with Crippen LogP contribution in [0.2, 0.25) is 0 Å². The highest BCUT2D eigenvalue weighted by Crippen LogP contribution is 2.52. The summed E-state index contributed by atoms with van der Waals surface area (Å²) in [5, 5.41) is 67.1. The number of fused-ring (bicyclic) bond motifs is 8. The molecule has 8 saturated heterocycles. The van der Waals surface area contributed by atoms with E-state index in [0.29, 0.717) is 84.5 Å². The van der Waals surface area contributed by atoms with Crippen molar-refractivity contribution in [3.8, 4) is 46.0 Å². The molecule has 8 fully saturated rings. The zero-order valence-electron chi connectivity index (χ0n) is 66.4. The molecule has 0 aromatic heterocycles. The van der Waals surface area contributed by atoms with Gasteiger partial charge in [-0.15, -0.1) is 0 Å². The molecule has 115 heavy (non-hydrogen) atoms. The Labute approximate surface area is 668 Å². The average Bonchev–Trinajstić information content (AvgIpc) is 1.20. The molecule has 8 unspecified atom stereocenters. The van der Waals surface area contributed by atoms with E-state index in [0.717, 1.165) is 234 Å². The van der Waals surface area contributed by atoms with Gasteiger partial charge in [-0.3, -0.25) is 0 Å². The Morgan fingerprint density at radius 1 is 0.287 bits per heavy atom. The summed E-state index contributed by atoms with van der Waals surface area (Å²) in [7, 11) is 1.67. The van der Waals surface area contributed by atoms with Gasteiger partial charge in [0.1, 0.15) is 148 Å². The van der Waals surface area contributed by atoms with Crippen molar-refractivity contribution in [3.63, 3.8) is 0 Å². The largest absolute Gasteiger partial charge is 0.501 e. The smallest absolute Gasteiger partial charge is 0.131 e. The van der Waals surface area contributed by atoms with E-state index in [1.807, 2.05) is 42.5 Å². The number of allylic oxidation sites excluding steroid dienone is 8.